The number of anilines is 2. The van der Waals surface area contributed by atoms with Crippen LogP contribution in [0.3, 0.4) is 0 Å². The molecule has 0 aliphatic heterocycles. The van der Waals surface area contributed by atoms with Crippen molar-refractivity contribution in [2.24, 2.45) is 5.73 Å². The highest BCUT2D eigenvalue weighted by Gasteiger charge is 2.37. The van der Waals surface area contributed by atoms with Gasteiger partial charge in [0.25, 0.3) is 11.8 Å². The number of aromatic nitrogens is 1. The highest BCUT2D eigenvalue weighted by molar-refractivity contribution is 7.09. The van der Waals surface area contributed by atoms with Gasteiger partial charge in [-0.05, 0) is 69.1 Å². The number of nitrogen functional groups attached to an aromatic ring is 1. The summed E-state index contributed by atoms with van der Waals surface area (Å²) in [7, 11) is 0. The summed E-state index contributed by atoms with van der Waals surface area (Å²) in [5, 5.41) is 13.1. The number of nitrogens with one attached hydrogen (secondary N) is 1. The zero-order chi connectivity index (χ0) is 26.6. The lowest BCUT2D eigenvalue weighted by molar-refractivity contribution is -0.123. The summed E-state index contributed by atoms with van der Waals surface area (Å²) in [6, 6.07) is 11.5. The largest absolute Gasteiger partial charge is 0.508 e. The lowest BCUT2D eigenvalue weighted by Crippen LogP contribution is -2.49. The van der Waals surface area contributed by atoms with Gasteiger partial charge < -0.3 is 26.6 Å². The third-order valence-corrected chi connectivity index (χ3v) is 5.84. The average molecular weight is 512 g/mol. The van der Waals surface area contributed by atoms with E-state index in [1.54, 1.807) is 36.4 Å². The molecule has 11 heteroatoms. The van der Waals surface area contributed by atoms with E-state index in [-0.39, 0.29) is 27.7 Å². The first kappa shape index (κ1) is 26.5. The molecular weight excluding hydrogens is 482 g/mol. The quantitative estimate of drug-likeness (QED) is 0.361. The molecule has 0 spiro atoms. The topological polar surface area (TPSA) is 161 Å². The van der Waals surface area contributed by atoms with E-state index < -0.39 is 29.3 Å². The maximum absolute atomic E-state index is 13.9. The minimum Gasteiger partial charge on any atom is -0.508 e. The summed E-state index contributed by atoms with van der Waals surface area (Å²) >= 11 is 0.705. The van der Waals surface area contributed by atoms with E-state index in [1.165, 1.54) is 17.0 Å². The Hall–Kier alpha value is -4.12. The third kappa shape index (κ3) is 5.92. The van der Waals surface area contributed by atoms with Crippen LogP contribution in [0.15, 0.2) is 48.5 Å². The van der Waals surface area contributed by atoms with Crippen LogP contribution in [0.1, 0.15) is 59.5 Å². The molecule has 0 fully saturated rings. The predicted molar refractivity (Wildman–Crippen MR) is 138 cm³/mol. The smallest absolute Gasteiger partial charge is 0.273 e. The second-order valence-corrected chi connectivity index (χ2v) is 9.75. The van der Waals surface area contributed by atoms with Crippen LogP contribution in [0, 0.1) is 0 Å². The molecule has 0 saturated heterocycles. The van der Waals surface area contributed by atoms with E-state index in [1.807, 2.05) is 27.7 Å². The van der Waals surface area contributed by atoms with Gasteiger partial charge in [-0.2, -0.15) is 4.37 Å². The lowest BCUT2D eigenvalue weighted by atomic mass is 10.00. The summed E-state index contributed by atoms with van der Waals surface area (Å²) in [5.74, 6) is -1.54. The van der Waals surface area contributed by atoms with Gasteiger partial charge in [0, 0.05) is 17.3 Å². The van der Waals surface area contributed by atoms with Crippen molar-refractivity contribution in [1.82, 2.24) is 9.69 Å². The molecule has 1 atom stereocenters. The van der Waals surface area contributed by atoms with Gasteiger partial charge in [-0.25, -0.2) is 0 Å². The number of amides is 3. The maximum Gasteiger partial charge on any atom is 0.273 e. The second kappa shape index (κ2) is 10.6. The van der Waals surface area contributed by atoms with Crippen molar-refractivity contribution < 1.29 is 24.2 Å². The third-order valence-electron chi connectivity index (χ3n) is 4.99. The van der Waals surface area contributed by atoms with Crippen LogP contribution < -0.4 is 26.4 Å². The van der Waals surface area contributed by atoms with E-state index in [0.29, 0.717) is 29.5 Å². The van der Waals surface area contributed by atoms with Gasteiger partial charge in [0.05, 0.1) is 12.3 Å². The summed E-state index contributed by atoms with van der Waals surface area (Å²) in [6.07, 6.45) is 0. The molecule has 0 unspecified atom stereocenters. The Labute approximate surface area is 213 Å². The molecule has 6 N–H and O–H groups in total. The van der Waals surface area contributed by atoms with Crippen LogP contribution in [0.4, 0.5) is 11.4 Å². The normalized spacial score (nSPS) is 12.0. The Morgan fingerprint density at radius 3 is 2.36 bits per heavy atom. The molecule has 3 amide bonds. The van der Waals surface area contributed by atoms with Crippen molar-refractivity contribution in [3.8, 4) is 11.5 Å². The van der Waals surface area contributed by atoms with Crippen molar-refractivity contribution in [2.45, 2.75) is 39.3 Å². The molecule has 0 bridgehead atoms. The van der Waals surface area contributed by atoms with E-state index in [9.17, 15) is 19.5 Å². The standard InChI is InChI=1S/C25H29N5O5S/c1-5-35-17-11-9-14(10-12-17)20(23(33)28-25(2,3)4)30(15-7-6-8-16(31)13-15)24(34)21-18(26)19(22(27)32)29-36-21/h6-13,20,31H,5,26H2,1-4H3,(H2,27,32)(H,28,33)/t20-/m0/s1. The highest BCUT2D eigenvalue weighted by atomic mass is 32.1. The fourth-order valence-electron chi connectivity index (χ4n) is 3.53. The fourth-order valence-corrected chi connectivity index (χ4v) is 4.28. The summed E-state index contributed by atoms with van der Waals surface area (Å²) < 4.78 is 9.45. The molecule has 0 aliphatic carbocycles. The Bertz CT molecular complexity index is 1270. The molecule has 36 heavy (non-hydrogen) atoms. The monoisotopic (exact) mass is 511 g/mol. The molecule has 0 saturated carbocycles. The molecule has 0 aliphatic rings. The number of benzene rings is 2. The maximum atomic E-state index is 13.9. The van der Waals surface area contributed by atoms with Crippen LogP contribution in [-0.4, -0.2) is 39.3 Å². The van der Waals surface area contributed by atoms with Crippen LogP contribution in [0.2, 0.25) is 0 Å². The van der Waals surface area contributed by atoms with Gasteiger partial charge in [0.2, 0.25) is 5.91 Å². The zero-order valence-electron chi connectivity index (χ0n) is 20.4. The minimum absolute atomic E-state index is 0.0633. The van der Waals surface area contributed by atoms with E-state index in [4.69, 9.17) is 16.2 Å². The van der Waals surface area contributed by atoms with Gasteiger partial charge >= 0.3 is 0 Å². The van der Waals surface area contributed by atoms with Gasteiger partial charge in [0.15, 0.2) is 5.69 Å². The zero-order valence-corrected chi connectivity index (χ0v) is 21.3. The second-order valence-electron chi connectivity index (χ2n) is 8.98. The first-order valence-corrected chi connectivity index (χ1v) is 11.9. The van der Waals surface area contributed by atoms with Gasteiger partial charge in [0.1, 0.15) is 22.4 Å². The fraction of sp³-hybridized carbons (Fsp3) is 0.280. The number of phenols is 1. The molecule has 1 aromatic heterocycles. The summed E-state index contributed by atoms with van der Waals surface area (Å²) in [5.41, 5.74) is 11.1. The van der Waals surface area contributed by atoms with Crippen molar-refractivity contribution in [3.63, 3.8) is 0 Å². The van der Waals surface area contributed by atoms with Crippen LogP contribution in [0.25, 0.3) is 0 Å². The number of rotatable bonds is 8. The molecule has 1 heterocycles. The van der Waals surface area contributed by atoms with Crippen molar-refractivity contribution in [1.29, 1.82) is 0 Å². The van der Waals surface area contributed by atoms with Gasteiger partial charge in [-0.15, -0.1) is 0 Å². The number of hydrogen-bond acceptors (Lipinski definition) is 8. The number of nitrogens with two attached hydrogens (primary N) is 2. The van der Waals surface area contributed by atoms with Crippen LogP contribution >= 0.6 is 11.5 Å². The Morgan fingerprint density at radius 2 is 1.83 bits per heavy atom. The Kier molecular flexibility index (Phi) is 7.83. The van der Waals surface area contributed by atoms with E-state index >= 15 is 0 Å². The van der Waals surface area contributed by atoms with Gasteiger partial charge in [-0.1, -0.05) is 18.2 Å². The molecule has 3 aromatic rings. The molecule has 190 valence electrons. The lowest BCUT2D eigenvalue weighted by Gasteiger charge is -2.33. The van der Waals surface area contributed by atoms with Crippen molar-refractivity contribution in [2.75, 3.05) is 17.2 Å². The summed E-state index contributed by atoms with van der Waals surface area (Å²) in [4.78, 5) is 40.5. The average Bonchev–Trinajstić information content (AvgIpc) is 3.18. The number of carbonyl (C=O) groups is 3. The minimum atomic E-state index is -1.17. The van der Waals surface area contributed by atoms with Crippen LogP contribution in [-0.2, 0) is 4.79 Å². The highest BCUT2D eigenvalue weighted by Crippen LogP contribution is 2.35. The number of nitrogens with zero attached hydrogens (tertiary/aromatic N) is 2. The van der Waals surface area contributed by atoms with E-state index in [2.05, 4.69) is 9.69 Å². The Morgan fingerprint density at radius 1 is 1.17 bits per heavy atom. The first-order valence-electron chi connectivity index (χ1n) is 11.1. The molecule has 3 rings (SSSR count). The van der Waals surface area contributed by atoms with Crippen molar-refractivity contribution >= 4 is 40.6 Å². The number of phenolic OH excluding ortho intramolecular Hbond substituents is 1. The molecule has 0 radical (unpaired) electrons. The number of hydrogen-bond donors (Lipinski definition) is 4. The molecular formula is C25H29N5O5S. The van der Waals surface area contributed by atoms with Crippen molar-refractivity contribution in [3.05, 3.63) is 64.7 Å². The molecule has 2 aromatic carbocycles. The van der Waals surface area contributed by atoms with Gasteiger partial charge in [-0.3, -0.25) is 19.3 Å². The summed E-state index contributed by atoms with van der Waals surface area (Å²) in [6.45, 7) is 7.78. The number of carbonyl (C=O) groups excluding carboxylic acids is 3. The SMILES string of the molecule is CCOc1ccc([C@@H](C(=O)NC(C)(C)C)N(C(=O)c2snc(C(N)=O)c2N)c2cccc(O)c2)cc1. The van der Waals surface area contributed by atoms with Crippen LogP contribution in [0.5, 0.6) is 11.5 Å². The number of ether oxygens (including phenoxy) is 1. The van der Waals surface area contributed by atoms with E-state index in [0.717, 1.165) is 0 Å². The first-order chi connectivity index (χ1) is 16.9. The predicted octanol–water partition coefficient (Wildman–Crippen LogP) is 3.23. The number of aromatic hydroxyl groups is 1. The number of primary amides is 1. The Balaban J connectivity index is 2.22. The molecule has 10 nitrogen and oxygen atoms in total.